The molecule has 1 aliphatic heterocycles. The number of likely N-dealkylation sites (tertiary alicyclic amines) is 1. The molecular weight excluding hydrogens is 647 g/mol. The van der Waals surface area contributed by atoms with E-state index in [0.717, 1.165) is 12.0 Å². The van der Waals surface area contributed by atoms with E-state index in [-0.39, 0.29) is 26.1 Å². The van der Waals surface area contributed by atoms with E-state index >= 15 is 0 Å². The van der Waals surface area contributed by atoms with Gasteiger partial charge in [-0.1, -0.05) is 98.4 Å². The summed E-state index contributed by atoms with van der Waals surface area (Å²) in [4.78, 5) is 53.6. The first-order valence-electron chi connectivity index (χ1n) is 15.5. The third kappa shape index (κ3) is 8.84. The summed E-state index contributed by atoms with van der Waals surface area (Å²) in [7, 11) is 0. The van der Waals surface area contributed by atoms with Crippen LogP contribution in [0.15, 0.2) is 53.1 Å². The normalized spacial score (nSPS) is 16.7. The number of ether oxygens (including phenoxy) is 2. The average molecular weight is 688 g/mol. The van der Waals surface area contributed by atoms with Crippen molar-refractivity contribution in [2.45, 2.75) is 78.7 Å². The topological polar surface area (TPSA) is 140 Å². The first-order chi connectivity index (χ1) is 22.3. The van der Waals surface area contributed by atoms with Crippen LogP contribution in [0.25, 0.3) is 11.3 Å². The summed E-state index contributed by atoms with van der Waals surface area (Å²) in [6, 6.07) is 12.9. The van der Waals surface area contributed by atoms with E-state index in [1.807, 2.05) is 51.1 Å². The van der Waals surface area contributed by atoms with Crippen LogP contribution < -0.4 is 10.6 Å². The Kier molecular flexibility index (Phi) is 11.9. The van der Waals surface area contributed by atoms with Crippen LogP contribution in [-0.4, -0.2) is 59.2 Å². The molecule has 3 atom stereocenters. The number of hydrogen-bond acceptors (Lipinski definition) is 8. The van der Waals surface area contributed by atoms with Gasteiger partial charge in [-0.05, 0) is 38.0 Å². The van der Waals surface area contributed by atoms with Gasteiger partial charge in [0.25, 0.3) is 5.91 Å². The van der Waals surface area contributed by atoms with Gasteiger partial charge in [0, 0.05) is 17.5 Å². The molecule has 1 saturated heterocycles. The van der Waals surface area contributed by atoms with Crippen molar-refractivity contribution in [3.63, 3.8) is 0 Å². The summed E-state index contributed by atoms with van der Waals surface area (Å²) in [6.45, 7) is 9.29. The Morgan fingerprint density at radius 2 is 1.74 bits per heavy atom. The number of benzene rings is 2. The highest BCUT2D eigenvalue weighted by Gasteiger charge is 2.45. The van der Waals surface area contributed by atoms with Gasteiger partial charge in [-0.25, -0.2) is 9.59 Å². The minimum absolute atomic E-state index is 0.0632. The van der Waals surface area contributed by atoms with Crippen molar-refractivity contribution in [2.24, 2.45) is 5.41 Å². The SMILES string of the molecule is CCCC[C@H](NC(=O)OC1CN(C(=O)OCc2c(-c3c(Cl)cccc3Cl)noc2C)CC1(C)C)C(=O)C(=O)N[C@H](C)c1ccccc1. The molecule has 252 valence electrons. The maximum Gasteiger partial charge on any atom is 0.410 e. The van der Waals surface area contributed by atoms with Gasteiger partial charge >= 0.3 is 12.2 Å². The monoisotopic (exact) mass is 686 g/mol. The molecule has 2 N–H and O–H groups in total. The standard InChI is InChI=1S/C34H40Cl2N4O7/c1-6-7-16-26(30(41)31(42)37-20(2)22-12-9-8-10-13-22)38-32(43)46-27-17-40(19-34(27,4)5)33(44)45-18-23-21(3)47-39-29(23)28-24(35)14-11-15-25(28)36/h8-15,20,26-27H,6-7,16-19H2,1-5H3,(H,37,42)(H,38,43)/t20-,26+,27?/m1/s1. The first-order valence-corrected chi connectivity index (χ1v) is 16.3. The number of carbonyl (C=O) groups is 4. The van der Waals surface area contributed by atoms with Gasteiger partial charge in [-0.2, -0.15) is 0 Å². The van der Waals surface area contributed by atoms with Crippen molar-refractivity contribution in [3.05, 3.63) is 75.5 Å². The van der Waals surface area contributed by atoms with E-state index < -0.39 is 47.5 Å². The molecule has 2 aromatic carbocycles. The zero-order chi connectivity index (χ0) is 34.3. The van der Waals surface area contributed by atoms with Gasteiger partial charge in [-0.15, -0.1) is 0 Å². The van der Waals surface area contributed by atoms with Crippen molar-refractivity contribution in [3.8, 4) is 11.3 Å². The Labute approximate surface area is 284 Å². The number of alkyl carbamates (subject to hydrolysis) is 1. The summed E-state index contributed by atoms with van der Waals surface area (Å²) in [6.07, 6.45) is -0.536. The lowest BCUT2D eigenvalue weighted by Gasteiger charge is -2.26. The van der Waals surface area contributed by atoms with Crippen LogP contribution in [-0.2, 0) is 25.7 Å². The summed E-state index contributed by atoms with van der Waals surface area (Å²) in [5.41, 5.74) is 1.58. The zero-order valence-corrected chi connectivity index (χ0v) is 28.6. The third-order valence-corrected chi connectivity index (χ3v) is 8.84. The van der Waals surface area contributed by atoms with Crippen LogP contribution in [0.5, 0.6) is 0 Å². The number of halogens is 2. The fraction of sp³-hybridized carbons (Fsp3) is 0.441. The maximum absolute atomic E-state index is 13.2. The van der Waals surface area contributed by atoms with Crippen molar-refractivity contribution in [1.29, 1.82) is 0 Å². The number of ketones is 1. The largest absolute Gasteiger partial charge is 0.444 e. The highest BCUT2D eigenvalue weighted by molar-refractivity contribution is 6.39. The average Bonchev–Trinajstić information content (AvgIpc) is 3.55. The number of rotatable bonds is 12. The summed E-state index contributed by atoms with van der Waals surface area (Å²) in [5, 5.41) is 10.1. The zero-order valence-electron chi connectivity index (χ0n) is 27.1. The maximum atomic E-state index is 13.2. The lowest BCUT2D eigenvalue weighted by Crippen LogP contribution is -2.49. The van der Waals surface area contributed by atoms with Gasteiger partial charge in [0.2, 0.25) is 5.78 Å². The van der Waals surface area contributed by atoms with Gasteiger partial charge < -0.3 is 29.5 Å². The molecule has 3 aromatic rings. The summed E-state index contributed by atoms with van der Waals surface area (Å²) in [5.74, 6) is -1.10. The molecule has 0 radical (unpaired) electrons. The summed E-state index contributed by atoms with van der Waals surface area (Å²) < 4.78 is 16.7. The third-order valence-electron chi connectivity index (χ3n) is 8.21. The Morgan fingerprint density at radius 1 is 1.06 bits per heavy atom. The second-order valence-electron chi connectivity index (χ2n) is 12.3. The first kappa shape index (κ1) is 35.8. The smallest absolute Gasteiger partial charge is 0.410 e. The number of aromatic nitrogens is 1. The predicted octanol–water partition coefficient (Wildman–Crippen LogP) is 7.04. The number of Topliss-reactive ketones (excluding diaryl/α,β-unsaturated/α-hetero) is 1. The quantitative estimate of drug-likeness (QED) is 0.194. The fourth-order valence-corrected chi connectivity index (χ4v) is 5.96. The number of carbonyl (C=O) groups excluding carboxylic acids is 4. The fourth-order valence-electron chi connectivity index (χ4n) is 5.38. The second kappa shape index (κ2) is 15.7. The number of amides is 3. The Morgan fingerprint density at radius 3 is 2.40 bits per heavy atom. The Balaban J connectivity index is 1.36. The van der Waals surface area contributed by atoms with Gasteiger partial charge in [0.1, 0.15) is 30.2 Å². The van der Waals surface area contributed by atoms with E-state index in [2.05, 4.69) is 15.8 Å². The number of nitrogens with one attached hydrogen (secondary N) is 2. The molecule has 0 spiro atoms. The number of nitrogens with zero attached hydrogens (tertiary/aromatic N) is 2. The van der Waals surface area contributed by atoms with Crippen LogP contribution in [0.4, 0.5) is 9.59 Å². The minimum Gasteiger partial charge on any atom is -0.444 e. The highest BCUT2D eigenvalue weighted by atomic mass is 35.5. The number of hydrogen-bond donors (Lipinski definition) is 2. The molecule has 2 heterocycles. The molecule has 1 aromatic heterocycles. The van der Waals surface area contributed by atoms with Crippen molar-refractivity contribution in [2.75, 3.05) is 13.1 Å². The van der Waals surface area contributed by atoms with Crippen LogP contribution in [0, 0.1) is 12.3 Å². The molecule has 13 heteroatoms. The Bertz CT molecular complexity index is 1570. The highest BCUT2D eigenvalue weighted by Crippen LogP contribution is 2.37. The Hall–Kier alpha value is -4.09. The lowest BCUT2D eigenvalue weighted by atomic mass is 9.90. The number of aryl methyl sites for hydroxylation is 1. The molecule has 0 aliphatic carbocycles. The second-order valence-corrected chi connectivity index (χ2v) is 13.1. The predicted molar refractivity (Wildman–Crippen MR) is 177 cm³/mol. The minimum atomic E-state index is -1.07. The molecule has 0 saturated carbocycles. The summed E-state index contributed by atoms with van der Waals surface area (Å²) >= 11 is 12.7. The molecule has 1 fully saturated rings. The van der Waals surface area contributed by atoms with Gasteiger partial charge in [0.05, 0.1) is 28.2 Å². The van der Waals surface area contributed by atoms with Crippen molar-refractivity contribution in [1.82, 2.24) is 20.7 Å². The van der Waals surface area contributed by atoms with E-state index in [0.29, 0.717) is 39.0 Å². The molecule has 3 amide bonds. The van der Waals surface area contributed by atoms with Gasteiger partial charge in [0.15, 0.2) is 0 Å². The molecule has 0 bridgehead atoms. The van der Waals surface area contributed by atoms with E-state index in [9.17, 15) is 19.2 Å². The van der Waals surface area contributed by atoms with Crippen LogP contribution in [0.1, 0.15) is 69.9 Å². The molecular formula is C34H40Cl2N4O7. The lowest BCUT2D eigenvalue weighted by molar-refractivity contribution is -0.139. The van der Waals surface area contributed by atoms with E-state index in [1.165, 1.54) is 4.90 Å². The van der Waals surface area contributed by atoms with E-state index in [4.69, 9.17) is 37.2 Å². The van der Waals surface area contributed by atoms with Crippen molar-refractivity contribution < 1.29 is 33.2 Å². The van der Waals surface area contributed by atoms with Crippen LogP contribution in [0.2, 0.25) is 10.0 Å². The van der Waals surface area contributed by atoms with Crippen LogP contribution >= 0.6 is 23.2 Å². The molecule has 1 unspecified atom stereocenters. The van der Waals surface area contributed by atoms with Crippen LogP contribution in [0.3, 0.4) is 0 Å². The number of unbranched alkanes of at least 4 members (excludes halogenated alkanes) is 1. The van der Waals surface area contributed by atoms with Crippen molar-refractivity contribution >= 4 is 47.1 Å². The van der Waals surface area contributed by atoms with Gasteiger partial charge in [-0.3, -0.25) is 9.59 Å². The molecule has 47 heavy (non-hydrogen) atoms. The molecule has 1 aliphatic rings. The molecule has 4 rings (SSSR count). The van der Waals surface area contributed by atoms with E-state index in [1.54, 1.807) is 32.0 Å². The molecule has 11 nitrogen and oxygen atoms in total.